The molecule has 0 spiro atoms. The number of hydrogen-bond acceptors (Lipinski definition) is 3. The molecule has 0 aliphatic carbocycles. The average Bonchev–Trinajstić information content (AvgIpc) is 2.26. The van der Waals surface area contributed by atoms with Gasteiger partial charge in [-0.05, 0) is 64.3 Å². The van der Waals surface area contributed by atoms with Gasteiger partial charge in [-0.25, -0.2) is 13.1 Å². The molecule has 0 radical (unpaired) electrons. The van der Waals surface area contributed by atoms with Gasteiger partial charge < -0.3 is 5.32 Å². The molecule has 4 nitrogen and oxygen atoms in total. The van der Waals surface area contributed by atoms with Crippen LogP contribution in [-0.2, 0) is 10.0 Å². The predicted molar refractivity (Wildman–Crippen MR) is 84.8 cm³/mol. The Morgan fingerprint density at radius 2 is 1.60 bits per heavy atom. The fourth-order valence-corrected chi connectivity index (χ4v) is 4.11. The van der Waals surface area contributed by atoms with E-state index in [1.54, 1.807) is 0 Å². The normalized spacial score (nSPS) is 12.5. The van der Waals surface area contributed by atoms with Crippen LogP contribution in [0.25, 0.3) is 0 Å². The van der Waals surface area contributed by atoms with E-state index in [0.29, 0.717) is 4.90 Å². The van der Waals surface area contributed by atoms with E-state index >= 15 is 0 Å². The van der Waals surface area contributed by atoms with Gasteiger partial charge in [0.05, 0.1) is 4.90 Å². The summed E-state index contributed by atoms with van der Waals surface area (Å²) in [6.07, 6.45) is 0.736. The lowest BCUT2D eigenvalue weighted by atomic mass is 10.0. The summed E-state index contributed by atoms with van der Waals surface area (Å²) in [6.45, 7) is 12.2. The topological polar surface area (TPSA) is 58.2 Å². The Hall–Kier alpha value is -1.07. The Balaban J connectivity index is 3.26. The fraction of sp³-hybridized carbons (Fsp3) is 0.600. The van der Waals surface area contributed by atoms with Gasteiger partial charge in [0.15, 0.2) is 0 Å². The van der Waals surface area contributed by atoms with Crippen LogP contribution in [0.4, 0.5) is 5.69 Å². The molecular formula is C15H26N2O2S. The van der Waals surface area contributed by atoms with Crippen LogP contribution in [-0.4, -0.2) is 20.5 Å². The lowest BCUT2D eigenvalue weighted by Gasteiger charge is -2.25. The zero-order valence-electron chi connectivity index (χ0n) is 13.3. The van der Waals surface area contributed by atoms with E-state index in [2.05, 4.69) is 10.0 Å². The van der Waals surface area contributed by atoms with Crippen molar-refractivity contribution in [1.82, 2.24) is 4.72 Å². The number of nitrogens with one attached hydrogen (secondary N) is 2. The summed E-state index contributed by atoms with van der Waals surface area (Å²) in [6, 6.07) is 3.76. The largest absolute Gasteiger partial charge is 0.385 e. The second-order valence-corrected chi connectivity index (χ2v) is 7.43. The Labute approximate surface area is 123 Å². The molecule has 1 aromatic carbocycles. The van der Waals surface area contributed by atoms with Gasteiger partial charge in [-0.2, -0.15) is 0 Å². The van der Waals surface area contributed by atoms with Crippen molar-refractivity contribution >= 4 is 15.7 Å². The lowest BCUT2D eigenvalue weighted by Crippen LogP contribution is -2.43. The first-order valence-corrected chi connectivity index (χ1v) is 8.50. The summed E-state index contributed by atoms with van der Waals surface area (Å²) in [5.41, 5.74) is 2.04. The summed E-state index contributed by atoms with van der Waals surface area (Å²) >= 11 is 0. The summed E-state index contributed by atoms with van der Waals surface area (Å²) in [5.74, 6) is 0. The fourth-order valence-electron chi connectivity index (χ4n) is 2.17. The number of benzene rings is 1. The Bertz CT molecular complexity index is 555. The number of anilines is 1. The molecule has 20 heavy (non-hydrogen) atoms. The maximum Gasteiger partial charge on any atom is 0.241 e. The molecule has 0 unspecified atom stereocenters. The van der Waals surface area contributed by atoms with Crippen molar-refractivity contribution in [2.75, 3.05) is 11.9 Å². The minimum absolute atomic E-state index is 0.390. The van der Waals surface area contributed by atoms with Crippen molar-refractivity contribution < 1.29 is 8.42 Å². The predicted octanol–water partition coefficient (Wildman–Crippen LogP) is 3.20. The van der Waals surface area contributed by atoms with Gasteiger partial charge in [-0.15, -0.1) is 0 Å². The molecule has 0 aromatic heterocycles. The molecule has 0 amide bonds. The Morgan fingerprint density at radius 1 is 1.10 bits per heavy atom. The molecule has 0 fully saturated rings. The summed E-state index contributed by atoms with van der Waals surface area (Å²) in [5, 5.41) is 3.21. The van der Waals surface area contributed by atoms with Crippen LogP contribution in [0.1, 0.15) is 45.2 Å². The third-order valence-corrected chi connectivity index (χ3v) is 5.41. The van der Waals surface area contributed by atoms with Gasteiger partial charge in [0, 0.05) is 17.8 Å². The highest BCUT2D eigenvalue weighted by atomic mass is 32.2. The van der Waals surface area contributed by atoms with Crippen LogP contribution < -0.4 is 10.0 Å². The van der Waals surface area contributed by atoms with Crippen molar-refractivity contribution in [3.8, 4) is 0 Å². The summed E-state index contributed by atoms with van der Waals surface area (Å²) in [7, 11) is -3.50. The minimum atomic E-state index is -3.50. The van der Waals surface area contributed by atoms with Gasteiger partial charge in [0.2, 0.25) is 10.0 Å². The lowest BCUT2D eigenvalue weighted by molar-refractivity contribution is 0.439. The van der Waals surface area contributed by atoms with E-state index in [1.807, 2.05) is 53.7 Å². The maximum absolute atomic E-state index is 12.6. The zero-order chi connectivity index (χ0) is 15.6. The van der Waals surface area contributed by atoms with Gasteiger partial charge in [-0.1, -0.05) is 6.92 Å². The van der Waals surface area contributed by atoms with Crippen molar-refractivity contribution in [3.63, 3.8) is 0 Å². The van der Waals surface area contributed by atoms with Crippen LogP contribution in [0.5, 0.6) is 0 Å². The highest BCUT2D eigenvalue weighted by molar-refractivity contribution is 7.89. The molecule has 0 aliphatic rings. The SMILES string of the molecule is CCNc1cc(C)c(S(=O)(=O)NC(C)(C)CC)c(C)c1. The zero-order valence-corrected chi connectivity index (χ0v) is 14.1. The first-order valence-electron chi connectivity index (χ1n) is 7.02. The molecule has 1 rings (SSSR count). The first kappa shape index (κ1) is 17.0. The molecule has 114 valence electrons. The van der Waals surface area contributed by atoms with E-state index in [9.17, 15) is 8.42 Å². The van der Waals surface area contributed by atoms with E-state index in [-0.39, 0.29) is 0 Å². The van der Waals surface area contributed by atoms with Gasteiger partial charge in [0.1, 0.15) is 0 Å². The second-order valence-electron chi connectivity index (χ2n) is 5.81. The third kappa shape index (κ3) is 3.96. The molecule has 0 bridgehead atoms. The van der Waals surface area contributed by atoms with Gasteiger partial charge in [0.25, 0.3) is 0 Å². The minimum Gasteiger partial charge on any atom is -0.385 e. The van der Waals surface area contributed by atoms with Crippen LogP contribution in [0.3, 0.4) is 0 Å². The molecular weight excluding hydrogens is 272 g/mol. The van der Waals surface area contributed by atoms with Crippen molar-refractivity contribution in [3.05, 3.63) is 23.3 Å². The standard InChI is InChI=1S/C15H26N2O2S/c1-7-15(5,6)17-20(18,19)14-11(3)9-13(16-8-2)10-12(14)4/h9-10,16-17H,7-8H2,1-6H3. The van der Waals surface area contributed by atoms with Crippen molar-refractivity contribution in [1.29, 1.82) is 0 Å². The molecule has 0 atom stereocenters. The number of hydrogen-bond donors (Lipinski definition) is 2. The van der Waals surface area contributed by atoms with E-state index in [4.69, 9.17) is 0 Å². The Morgan fingerprint density at radius 3 is 2.00 bits per heavy atom. The number of rotatable bonds is 6. The number of sulfonamides is 1. The molecule has 5 heteroatoms. The van der Waals surface area contributed by atoms with Crippen molar-refractivity contribution in [2.45, 2.75) is 58.4 Å². The van der Waals surface area contributed by atoms with E-state index < -0.39 is 15.6 Å². The maximum atomic E-state index is 12.6. The van der Waals surface area contributed by atoms with E-state index in [1.165, 1.54) is 0 Å². The highest BCUT2D eigenvalue weighted by Gasteiger charge is 2.27. The number of aryl methyl sites for hydroxylation is 2. The molecule has 2 N–H and O–H groups in total. The van der Waals surface area contributed by atoms with Crippen molar-refractivity contribution in [2.24, 2.45) is 0 Å². The van der Waals surface area contributed by atoms with Crippen LogP contribution in [0.2, 0.25) is 0 Å². The smallest absolute Gasteiger partial charge is 0.241 e. The molecule has 0 aliphatic heterocycles. The molecule has 0 saturated carbocycles. The van der Waals surface area contributed by atoms with Crippen LogP contribution in [0.15, 0.2) is 17.0 Å². The van der Waals surface area contributed by atoms with E-state index in [0.717, 1.165) is 29.8 Å². The molecule has 0 saturated heterocycles. The Kier molecular flexibility index (Phi) is 5.21. The summed E-state index contributed by atoms with van der Waals surface area (Å²) in [4.78, 5) is 0.390. The monoisotopic (exact) mass is 298 g/mol. The molecule has 1 aromatic rings. The molecule has 0 heterocycles. The third-order valence-electron chi connectivity index (χ3n) is 3.40. The average molecular weight is 298 g/mol. The quantitative estimate of drug-likeness (QED) is 0.848. The highest BCUT2D eigenvalue weighted by Crippen LogP contribution is 2.26. The van der Waals surface area contributed by atoms with Crippen LogP contribution in [0, 0.1) is 13.8 Å². The first-order chi connectivity index (χ1) is 9.13. The van der Waals surface area contributed by atoms with Gasteiger partial charge in [-0.3, -0.25) is 0 Å². The van der Waals surface area contributed by atoms with Gasteiger partial charge >= 0.3 is 0 Å². The van der Waals surface area contributed by atoms with Crippen LogP contribution >= 0.6 is 0 Å². The summed E-state index contributed by atoms with van der Waals surface area (Å²) < 4.78 is 28.0. The second kappa shape index (κ2) is 6.14.